The van der Waals surface area contributed by atoms with E-state index in [0.29, 0.717) is 0 Å². The van der Waals surface area contributed by atoms with Crippen LogP contribution in [0.5, 0.6) is 0 Å². The molecule has 0 amide bonds. The van der Waals surface area contributed by atoms with Crippen molar-refractivity contribution in [2.45, 2.75) is 39.3 Å². The molecule has 0 aliphatic carbocycles. The second-order valence-corrected chi connectivity index (χ2v) is 4.36. The van der Waals surface area contributed by atoms with Crippen molar-refractivity contribution in [2.75, 3.05) is 7.11 Å². The molecule has 0 fully saturated rings. The second-order valence-electron chi connectivity index (χ2n) is 4.36. The van der Waals surface area contributed by atoms with Crippen molar-refractivity contribution in [1.29, 1.82) is 0 Å². The molecule has 1 aromatic rings. The molecule has 90 valence electrons. The van der Waals surface area contributed by atoms with Gasteiger partial charge in [-0.25, -0.2) is 0 Å². The number of nitrogens with one attached hydrogen (secondary N) is 1. The molecule has 0 spiro atoms. The van der Waals surface area contributed by atoms with Gasteiger partial charge in [0.15, 0.2) is 0 Å². The molecule has 0 saturated heterocycles. The molecular weight excluding hydrogens is 200 g/mol. The van der Waals surface area contributed by atoms with Gasteiger partial charge in [-0.2, -0.15) is 0 Å². The largest absolute Gasteiger partial charge is 0.382 e. The lowest BCUT2D eigenvalue weighted by molar-refractivity contribution is 0.100. The number of nitrogens with two attached hydrogens (primary N) is 1. The Morgan fingerprint density at radius 2 is 2.06 bits per heavy atom. The maximum absolute atomic E-state index is 5.62. The molecule has 3 nitrogen and oxygen atoms in total. The summed E-state index contributed by atoms with van der Waals surface area (Å²) in [5, 5.41) is 0. The van der Waals surface area contributed by atoms with Crippen LogP contribution in [-0.4, -0.2) is 13.2 Å². The first kappa shape index (κ1) is 13.2. The Morgan fingerprint density at radius 3 is 2.62 bits per heavy atom. The fourth-order valence-corrected chi connectivity index (χ4v) is 1.85. The zero-order valence-corrected chi connectivity index (χ0v) is 10.6. The normalized spacial score (nSPS) is 14.8. The van der Waals surface area contributed by atoms with E-state index >= 15 is 0 Å². The van der Waals surface area contributed by atoms with E-state index in [1.54, 1.807) is 7.11 Å². The molecule has 1 rings (SSSR count). The molecule has 3 heteroatoms. The Labute approximate surface area is 98.0 Å². The summed E-state index contributed by atoms with van der Waals surface area (Å²) in [4.78, 5) is 0. The lowest BCUT2D eigenvalue weighted by atomic mass is 9.95. The zero-order chi connectivity index (χ0) is 12.1. The van der Waals surface area contributed by atoms with Crippen LogP contribution in [0, 0.1) is 13.8 Å². The lowest BCUT2D eigenvalue weighted by Gasteiger charge is -2.22. The minimum atomic E-state index is 0.148. The highest BCUT2D eigenvalue weighted by atomic mass is 16.5. The summed E-state index contributed by atoms with van der Waals surface area (Å²) >= 11 is 0. The van der Waals surface area contributed by atoms with Gasteiger partial charge in [0.25, 0.3) is 0 Å². The average molecular weight is 222 g/mol. The van der Waals surface area contributed by atoms with Crippen molar-refractivity contribution in [3.63, 3.8) is 0 Å². The molecule has 1 aromatic carbocycles. The second kappa shape index (κ2) is 5.99. The topological polar surface area (TPSA) is 47.3 Å². The Morgan fingerprint density at radius 1 is 1.38 bits per heavy atom. The lowest BCUT2D eigenvalue weighted by Crippen LogP contribution is -2.31. The van der Waals surface area contributed by atoms with Crippen molar-refractivity contribution >= 4 is 0 Å². The van der Waals surface area contributed by atoms with E-state index in [1.807, 2.05) is 0 Å². The SMILES string of the molecule is COC(C)CC(NN)c1cc(C)ccc1C. The number of benzene rings is 1. The van der Waals surface area contributed by atoms with Crippen molar-refractivity contribution in [1.82, 2.24) is 5.43 Å². The number of methoxy groups -OCH3 is 1. The third-order valence-corrected chi connectivity index (χ3v) is 2.98. The van der Waals surface area contributed by atoms with E-state index in [9.17, 15) is 0 Å². The molecule has 0 aliphatic heterocycles. The van der Waals surface area contributed by atoms with Gasteiger partial charge in [-0.15, -0.1) is 0 Å². The van der Waals surface area contributed by atoms with Crippen LogP contribution in [0.15, 0.2) is 18.2 Å². The number of rotatable bonds is 5. The molecule has 0 aliphatic rings. The number of hydrogen-bond acceptors (Lipinski definition) is 3. The van der Waals surface area contributed by atoms with Gasteiger partial charge in [-0.05, 0) is 38.3 Å². The zero-order valence-electron chi connectivity index (χ0n) is 10.6. The van der Waals surface area contributed by atoms with E-state index in [2.05, 4.69) is 44.4 Å². The van der Waals surface area contributed by atoms with Crippen molar-refractivity contribution < 1.29 is 4.74 Å². The summed E-state index contributed by atoms with van der Waals surface area (Å²) in [7, 11) is 1.72. The molecule has 0 saturated carbocycles. The Kier molecular flexibility index (Phi) is 4.93. The molecule has 0 bridgehead atoms. The number of ether oxygens (including phenoxy) is 1. The number of hydrogen-bond donors (Lipinski definition) is 2. The average Bonchev–Trinajstić information content (AvgIpc) is 2.29. The summed E-state index contributed by atoms with van der Waals surface area (Å²) in [6, 6.07) is 6.58. The fourth-order valence-electron chi connectivity index (χ4n) is 1.85. The Bertz CT molecular complexity index is 339. The number of hydrazine groups is 1. The maximum atomic E-state index is 5.62. The molecule has 2 atom stereocenters. The molecular formula is C13H22N2O. The minimum absolute atomic E-state index is 0.148. The summed E-state index contributed by atoms with van der Waals surface area (Å²) in [6.07, 6.45) is 1.07. The molecule has 0 aromatic heterocycles. The fraction of sp³-hybridized carbons (Fsp3) is 0.538. The summed E-state index contributed by atoms with van der Waals surface area (Å²) in [5.74, 6) is 5.62. The predicted molar refractivity (Wildman–Crippen MR) is 67.1 cm³/mol. The van der Waals surface area contributed by atoms with E-state index in [-0.39, 0.29) is 12.1 Å². The standard InChI is InChI=1S/C13H22N2O/c1-9-5-6-10(2)12(7-9)13(15-14)8-11(3)16-4/h5-7,11,13,15H,8,14H2,1-4H3. The van der Waals surface area contributed by atoms with E-state index in [4.69, 9.17) is 10.6 Å². The van der Waals surface area contributed by atoms with Gasteiger partial charge < -0.3 is 4.74 Å². The smallest absolute Gasteiger partial charge is 0.0561 e. The van der Waals surface area contributed by atoms with E-state index in [0.717, 1.165) is 6.42 Å². The molecule has 0 heterocycles. The molecule has 2 unspecified atom stereocenters. The van der Waals surface area contributed by atoms with Gasteiger partial charge in [0.1, 0.15) is 0 Å². The third kappa shape index (κ3) is 3.30. The minimum Gasteiger partial charge on any atom is -0.382 e. The maximum Gasteiger partial charge on any atom is 0.0561 e. The summed E-state index contributed by atoms with van der Waals surface area (Å²) < 4.78 is 5.28. The highest BCUT2D eigenvalue weighted by molar-refractivity contribution is 5.33. The van der Waals surface area contributed by atoms with Gasteiger partial charge in [0.05, 0.1) is 6.10 Å². The van der Waals surface area contributed by atoms with Crippen LogP contribution in [0.25, 0.3) is 0 Å². The van der Waals surface area contributed by atoms with Gasteiger partial charge in [-0.3, -0.25) is 11.3 Å². The van der Waals surface area contributed by atoms with Crippen LogP contribution in [0.2, 0.25) is 0 Å². The van der Waals surface area contributed by atoms with Gasteiger partial charge >= 0.3 is 0 Å². The van der Waals surface area contributed by atoms with Crippen molar-refractivity contribution in [3.05, 3.63) is 34.9 Å². The van der Waals surface area contributed by atoms with Crippen LogP contribution in [0.4, 0.5) is 0 Å². The van der Waals surface area contributed by atoms with Gasteiger partial charge in [-0.1, -0.05) is 23.8 Å². The first-order valence-corrected chi connectivity index (χ1v) is 5.64. The van der Waals surface area contributed by atoms with Crippen LogP contribution in [0.3, 0.4) is 0 Å². The molecule has 3 N–H and O–H groups in total. The first-order chi connectivity index (χ1) is 7.58. The number of aryl methyl sites for hydroxylation is 2. The van der Waals surface area contributed by atoms with E-state index in [1.165, 1.54) is 16.7 Å². The summed E-state index contributed by atoms with van der Waals surface area (Å²) in [6.45, 7) is 6.25. The van der Waals surface area contributed by atoms with E-state index < -0.39 is 0 Å². The highest BCUT2D eigenvalue weighted by Gasteiger charge is 2.15. The highest BCUT2D eigenvalue weighted by Crippen LogP contribution is 2.23. The predicted octanol–water partition coefficient (Wildman–Crippen LogP) is 2.23. The van der Waals surface area contributed by atoms with Gasteiger partial charge in [0.2, 0.25) is 0 Å². The monoisotopic (exact) mass is 222 g/mol. The van der Waals surface area contributed by atoms with Crippen LogP contribution >= 0.6 is 0 Å². The van der Waals surface area contributed by atoms with Crippen molar-refractivity contribution in [3.8, 4) is 0 Å². The Balaban J connectivity index is 2.89. The molecule has 16 heavy (non-hydrogen) atoms. The van der Waals surface area contributed by atoms with Crippen LogP contribution < -0.4 is 11.3 Å². The summed E-state index contributed by atoms with van der Waals surface area (Å²) in [5.41, 5.74) is 6.64. The van der Waals surface area contributed by atoms with Crippen molar-refractivity contribution in [2.24, 2.45) is 5.84 Å². The van der Waals surface area contributed by atoms with Crippen LogP contribution in [0.1, 0.15) is 36.1 Å². The Hall–Kier alpha value is -0.900. The third-order valence-electron chi connectivity index (χ3n) is 2.98. The quantitative estimate of drug-likeness (QED) is 0.593. The van der Waals surface area contributed by atoms with Crippen LogP contribution in [-0.2, 0) is 4.74 Å². The first-order valence-electron chi connectivity index (χ1n) is 5.64. The molecule has 0 radical (unpaired) electrons. The van der Waals surface area contributed by atoms with Gasteiger partial charge in [0, 0.05) is 13.2 Å².